The minimum absolute atomic E-state index is 0.0734. The first-order valence-corrected chi connectivity index (χ1v) is 9.23. The van der Waals surface area contributed by atoms with E-state index in [0.29, 0.717) is 24.4 Å². The summed E-state index contributed by atoms with van der Waals surface area (Å²) in [4.78, 5) is 15.0. The topological polar surface area (TPSA) is 52.6 Å². The van der Waals surface area contributed by atoms with Crippen LogP contribution in [0, 0.1) is 5.82 Å². The summed E-state index contributed by atoms with van der Waals surface area (Å²) < 4.78 is 13.9. The average molecular weight is 340 g/mol. The van der Waals surface area contributed by atoms with E-state index < -0.39 is 0 Å². The van der Waals surface area contributed by atoms with Crippen LogP contribution in [0.15, 0.2) is 23.1 Å². The van der Waals surface area contributed by atoms with Gasteiger partial charge in [-0.15, -0.1) is 11.8 Å². The van der Waals surface area contributed by atoms with Gasteiger partial charge in [0.1, 0.15) is 5.82 Å². The molecule has 0 saturated heterocycles. The maximum absolute atomic E-state index is 13.9. The van der Waals surface area contributed by atoms with Gasteiger partial charge in [-0.25, -0.2) is 9.18 Å². The molecule has 0 saturated carbocycles. The molecule has 23 heavy (non-hydrogen) atoms. The minimum Gasteiger partial charge on any atom is -0.396 e. The zero-order valence-corrected chi connectivity index (χ0v) is 14.4. The Morgan fingerprint density at radius 2 is 2.22 bits per heavy atom. The fourth-order valence-electron chi connectivity index (χ4n) is 2.70. The van der Waals surface area contributed by atoms with Crippen LogP contribution >= 0.6 is 11.8 Å². The fraction of sp³-hybridized carbons (Fsp3) is 0.588. The number of thioether (sulfide) groups is 1. The van der Waals surface area contributed by atoms with Gasteiger partial charge in [-0.05, 0) is 30.9 Å². The van der Waals surface area contributed by atoms with Crippen LogP contribution in [0.25, 0.3) is 0 Å². The lowest BCUT2D eigenvalue weighted by Crippen LogP contribution is -2.43. The number of nitrogens with zero attached hydrogens (tertiary/aromatic N) is 1. The largest absolute Gasteiger partial charge is 0.396 e. The van der Waals surface area contributed by atoms with E-state index in [-0.39, 0.29) is 24.5 Å². The second-order valence-electron chi connectivity index (χ2n) is 5.72. The molecule has 0 fully saturated rings. The molecule has 6 heteroatoms. The van der Waals surface area contributed by atoms with Crippen LogP contribution in [0.5, 0.6) is 0 Å². The van der Waals surface area contributed by atoms with Crippen molar-refractivity contribution in [3.8, 4) is 0 Å². The Morgan fingerprint density at radius 3 is 2.96 bits per heavy atom. The molecule has 0 aromatic heterocycles. The van der Waals surface area contributed by atoms with Crippen LogP contribution in [-0.4, -0.2) is 41.5 Å². The Hall–Kier alpha value is -1.27. The number of urea groups is 1. The molecular weight excluding hydrogens is 315 g/mol. The number of rotatable bonds is 7. The van der Waals surface area contributed by atoms with Crippen molar-refractivity contribution in [3.05, 3.63) is 29.6 Å². The average Bonchev–Trinajstić information content (AvgIpc) is 2.56. The maximum atomic E-state index is 13.9. The number of carbonyl (C=O) groups is 1. The molecule has 1 aromatic carbocycles. The smallest absolute Gasteiger partial charge is 0.317 e. The number of carbonyl (C=O) groups excluding carboxylic acids is 1. The molecule has 1 aromatic rings. The molecule has 1 aliphatic rings. The normalized spacial score (nSPS) is 16.7. The Balaban J connectivity index is 2.05. The van der Waals surface area contributed by atoms with E-state index in [4.69, 9.17) is 5.11 Å². The van der Waals surface area contributed by atoms with Gasteiger partial charge in [0.15, 0.2) is 0 Å². The molecule has 4 nitrogen and oxygen atoms in total. The van der Waals surface area contributed by atoms with Crippen molar-refractivity contribution in [2.75, 3.05) is 25.4 Å². The standard InChI is InChI=1S/C17H25FN2O2S/c1-2-3-9-20(10-5-11-21)17(22)19-15-8-12-23-16-13(15)6-4-7-14(16)18/h4,6-7,15,21H,2-3,5,8-12H2,1H3,(H,19,22). The highest BCUT2D eigenvalue weighted by Crippen LogP contribution is 2.37. The number of nitrogens with one attached hydrogen (secondary N) is 1. The van der Waals surface area contributed by atoms with Gasteiger partial charge >= 0.3 is 6.03 Å². The third kappa shape index (κ3) is 4.85. The summed E-state index contributed by atoms with van der Waals surface area (Å²) in [5.74, 6) is 0.583. The summed E-state index contributed by atoms with van der Waals surface area (Å²) in [7, 11) is 0. The van der Waals surface area contributed by atoms with E-state index in [9.17, 15) is 9.18 Å². The second kappa shape index (κ2) is 9.13. The van der Waals surface area contributed by atoms with Crippen LogP contribution in [0.4, 0.5) is 9.18 Å². The number of amides is 2. The fourth-order valence-corrected chi connectivity index (χ4v) is 3.84. The van der Waals surface area contributed by atoms with Crippen LogP contribution in [0.1, 0.15) is 44.2 Å². The minimum atomic E-state index is -0.213. The summed E-state index contributed by atoms with van der Waals surface area (Å²) in [5.41, 5.74) is 0.868. The van der Waals surface area contributed by atoms with E-state index in [2.05, 4.69) is 12.2 Å². The molecule has 1 aliphatic heterocycles. The van der Waals surface area contributed by atoms with Crippen molar-refractivity contribution in [2.45, 2.75) is 43.5 Å². The number of unbranched alkanes of at least 4 members (excludes halogenated alkanes) is 1. The first-order valence-electron chi connectivity index (χ1n) is 8.24. The number of benzene rings is 1. The molecule has 0 spiro atoms. The third-order valence-electron chi connectivity index (χ3n) is 3.98. The van der Waals surface area contributed by atoms with Crippen molar-refractivity contribution in [2.24, 2.45) is 0 Å². The zero-order chi connectivity index (χ0) is 16.7. The van der Waals surface area contributed by atoms with Crippen LogP contribution in [0.2, 0.25) is 0 Å². The molecule has 0 radical (unpaired) electrons. The molecule has 1 heterocycles. The van der Waals surface area contributed by atoms with Gasteiger partial charge in [-0.2, -0.15) is 0 Å². The quantitative estimate of drug-likeness (QED) is 0.798. The Bertz CT molecular complexity index is 519. The summed E-state index contributed by atoms with van der Waals surface area (Å²) in [6.07, 6.45) is 3.32. The molecule has 1 atom stereocenters. The van der Waals surface area contributed by atoms with E-state index in [0.717, 1.165) is 30.6 Å². The lowest BCUT2D eigenvalue weighted by molar-refractivity contribution is 0.184. The van der Waals surface area contributed by atoms with Crippen LogP contribution in [-0.2, 0) is 0 Å². The van der Waals surface area contributed by atoms with Gasteiger partial charge in [0, 0.05) is 30.3 Å². The van der Waals surface area contributed by atoms with Crippen LogP contribution < -0.4 is 5.32 Å². The van der Waals surface area contributed by atoms with Gasteiger partial charge < -0.3 is 15.3 Å². The third-order valence-corrected chi connectivity index (χ3v) is 5.14. The highest BCUT2D eigenvalue weighted by atomic mass is 32.2. The predicted molar refractivity (Wildman–Crippen MR) is 91.2 cm³/mol. The van der Waals surface area contributed by atoms with Crippen molar-refractivity contribution in [1.29, 1.82) is 0 Å². The monoisotopic (exact) mass is 340 g/mol. The second-order valence-corrected chi connectivity index (χ2v) is 6.82. The maximum Gasteiger partial charge on any atom is 0.317 e. The van der Waals surface area contributed by atoms with E-state index in [1.54, 1.807) is 11.0 Å². The summed E-state index contributed by atoms with van der Waals surface area (Å²) in [6.45, 7) is 3.38. The molecular formula is C17H25FN2O2S. The number of hydrogen-bond donors (Lipinski definition) is 2. The summed E-state index contributed by atoms with van der Waals surface area (Å²) in [5, 5.41) is 12.0. The first kappa shape index (κ1) is 18.1. The van der Waals surface area contributed by atoms with E-state index in [1.807, 2.05) is 6.07 Å². The Kier molecular flexibility index (Phi) is 7.17. The number of hydrogen-bond acceptors (Lipinski definition) is 3. The molecule has 2 N–H and O–H groups in total. The highest BCUT2D eigenvalue weighted by Gasteiger charge is 2.25. The molecule has 1 unspecified atom stereocenters. The summed E-state index contributed by atoms with van der Waals surface area (Å²) in [6, 6.07) is 4.77. The van der Waals surface area contributed by atoms with Gasteiger partial charge in [0.2, 0.25) is 0 Å². The number of aliphatic hydroxyl groups is 1. The number of aliphatic hydroxyl groups excluding tert-OH is 1. The highest BCUT2D eigenvalue weighted by molar-refractivity contribution is 7.99. The Morgan fingerprint density at radius 1 is 1.43 bits per heavy atom. The zero-order valence-electron chi connectivity index (χ0n) is 13.6. The molecule has 2 rings (SSSR count). The van der Waals surface area contributed by atoms with Gasteiger partial charge in [0.05, 0.1) is 6.04 Å². The first-order chi connectivity index (χ1) is 11.2. The SMILES string of the molecule is CCCCN(CCCO)C(=O)NC1CCSc2c(F)cccc21. The summed E-state index contributed by atoms with van der Waals surface area (Å²) >= 11 is 1.51. The van der Waals surface area contributed by atoms with Crippen molar-refractivity contribution in [3.63, 3.8) is 0 Å². The van der Waals surface area contributed by atoms with E-state index >= 15 is 0 Å². The lowest BCUT2D eigenvalue weighted by atomic mass is 10.0. The van der Waals surface area contributed by atoms with Gasteiger partial charge in [0.25, 0.3) is 0 Å². The lowest BCUT2D eigenvalue weighted by Gasteiger charge is -2.30. The van der Waals surface area contributed by atoms with Crippen molar-refractivity contribution >= 4 is 17.8 Å². The van der Waals surface area contributed by atoms with Crippen molar-refractivity contribution < 1.29 is 14.3 Å². The molecule has 0 bridgehead atoms. The van der Waals surface area contributed by atoms with Gasteiger partial charge in [-0.1, -0.05) is 25.5 Å². The molecule has 0 aliphatic carbocycles. The van der Waals surface area contributed by atoms with E-state index in [1.165, 1.54) is 17.8 Å². The number of fused-ring (bicyclic) bond motifs is 1. The number of halogens is 1. The molecule has 2 amide bonds. The molecule has 128 valence electrons. The predicted octanol–water partition coefficient (Wildman–Crippen LogP) is 3.56. The Labute approximate surface area is 141 Å². The van der Waals surface area contributed by atoms with Gasteiger partial charge in [-0.3, -0.25) is 0 Å². The van der Waals surface area contributed by atoms with Crippen LogP contribution in [0.3, 0.4) is 0 Å². The van der Waals surface area contributed by atoms with Crippen molar-refractivity contribution in [1.82, 2.24) is 10.2 Å².